The summed E-state index contributed by atoms with van der Waals surface area (Å²) in [5, 5.41) is 14.8. The maximum absolute atomic E-state index is 11.4. The highest BCUT2D eigenvalue weighted by atomic mass is 32.2. The first-order valence-corrected chi connectivity index (χ1v) is 7.81. The summed E-state index contributed by atoms with van der Waals surface area (Å²) < 4.78 is 5.53. The molecule has 0 saturated carbocycles. The lowest BCUT2D eigenvalue weighted by Crippen LogP contribution is -2.13. The Balaban J connectivity index is 2.24. The van der Waals surface area contributed by atoms with Gasteiger partial charge in [0.15, 0.2) is 0 Å². The minimum atomic E-state index is -0.291. The normalized spacial score (nSPS) is 21.9. The van der Waals surface area contributed by atoms with Crippen molar-refractivity contribution in [3.05, 3.63) is 28.3 Å². The Morgan fingerprint density at radius 2 is 2.35 bits per heavy atom. The van der Waals surface area contributed by atoms with Crippen molar-refractivity contribution >= 4 is 23.1 Å². The summed E-state index contributed by atoms with van der Waals surface area (Å²) in [6.07, 6.45) is 2.02. The number of anilines is 1. The second kappa shape index (κ2) is 6.95. The standard InChI is InChI=1S/C14H20N2O3S/c1-3-8-15-11-5-4-6-13(14(11)16(17)18)20-12-7-9-19-10(12)2/h4-6,10,12,15H,3,7-9H2,1-2H3. The number of benzene rings is 1. The third kappa shape index (κ3) is 3.43. The SMILES string of the molecule is CCCNc1cccc(SC2CCOC2C)c1[N+](=O)[O-]. The molecule has 0 amide bonds. The molecule has 0 spiro atoms. The van der Waals surface area contributed by atoms with Crippen LogP contribution in [0.25, 0.3) is 0 Å². The van der Waals surface area contributed by atoms with Crippen LogP contribution < -0.4 is 5.32 Å². The largest absolute Gasteiger partial charge is 0.379 e. The van der Waals surface area contributed by atoms with Crippen molar-refractivity contribution in [2.45, 2.75) is 42.9 Å². The molecule has 1 saturated heterocycles. The molecule has 1 heterocycles. The fraction of sp³-hybridized carbons (Fsp3) is 0.571. The van der Waals surface area contributed by atoms with Gasteiger partial charge in [-0.05, 0) is 31.9 Å². The second-order valence-corrected chi connectivity index (χ2v) is 6.14. The van der Waals surface area contributed by atoms with Gasteiger partial charge in [-0.25, -0.2) is 0 Å². The predicted octanol–water partition coefficient (Wildman–Crippen LogP) is 3.69. The van der Waals surface area contributed by atoms with Crippen LogP contribution >= 0.6 is 11.8 Å². The Hall–Kier alpha value is -1.27. The summed E-state index contributed by atoms with van der Waals surface area (Å²) in [7, 11) is 0. The number of ether oxygens (including phenoxy) is 1. The second-order valence-electron chi connectivity index (χ2n) is 4.86. The van der Waals surface area contributed by atoms with Crippen LogP contribution in [0, 0.1) is 10.1 Å². The zero-order valence-corrected chi connectivity index (χ0v) is 12.6. The van der Waals surface area contributed by atoms with E-state index >= 15 is 0 Å². The molecule has 2 atom stereocenters. The Morgan fingerprint density at radius 3 is 2.95 bits per heavy atom. The topological polar surface area (TPSA) is 64.4 Å². The number of hydrogen-bond acceptors (Lipinski definition) is 5. The van der Waals surface area contributed by atoms with E-state index in [9.17, 15) is 10.1 Å². The number of nitro benzene ring substituents is 1. The average molecular weight is 296 g/mol. The molecule has 0 aromatic heterocycles. The Labute approximate surface area is 123 Å². The summed E-state index contributed by atoms with van der Waals surface area (Å²) in [6, 6.07) is 5.46. The smallest absolute Gasteiger partial charge is 0.305 e. The van der Waals surface area contributed by atoms with Gasteiger partial charge in [-0.1, -0.05) is 13.0 Å². The first-order valence-electron chi connectivity index (χ1n) is 6.93. The molecular weight excluding hydrogens is 276 g/mol. The van der Waals surface area contributed by atoms with E-state index in [0.29, 0.717) is 5.69 Å². The van der Waals surface area contributed by atoms with Crippen LogP contribution in [0.1, 0.15) is 26.7 Å². The molecule has 1 N–H and O–H groups in total. The molecule has 0 bridgehead atoms. The van der Waals surface area contributed by atoms with Gasteiger partial charge in [0.2, 0.25) is 0 Å². The molecule has 1 aromatic carbocycles. The number of nitrogens with zero attached hydrogens (tertiary/aromatic N) is 1. The maximum Gasteiger partial charge on any atom is 0.305 e. The summed E-state index contributed by atoms with van der Waals surface area (Å²) in [6.45, 7) is 5.53. The van der Waals surface area contributed by atoms with E-state index in [4.69, 9.17) is 4.74 Å². The molecule has 20 heavy (non-hydrogen) atoms. The van der Waals surface area contributed by atoms with E-state index in [1.165, 1.54) is 0 Å². The molecule has 6 heteroatoms. The number of thioether (sulfide) groups is 1. The van der Waals surface area contributed by atoms with Gasteiger partial charge in [0.25, 0.3) is 0 Å². The van der Waals surface area contributed by atoms with Crippen LogP contribution in [-0.4, -0.2) is 29.4 Å². The van der Waals surface area contributed by atoms with Gasteiger partial charge in [-0.3, -0.25) is 10.1 Å². The maximum atomic E-state index is 11.4. The van der Waals surface area contributed by atoms with Crippen LogP contribution in [0.3, 0.4) is 0 Å². The first kappa shape index (κ1) is 15.1. The van der Waals surface area contributed by atoms with Gasteiger partial charge in [-0.2, -0.15) is 0 Å². The van der Waals surface area contributed by atoms with Gasteiger partial charge in [0, 0.05) is 18.4 Å². The molecule has 2 unspecified atom stereocenters. The fourth-order valence-electron chi connectivity index (χ4n) is 2.24. The minimum absolute atomic E-state index is 0.145. The number of nitro groups is 1. The highest BCUT2D eigenvalue weighted by Gasteiger charge is 2.29. The Bertz CT molecular complexity index is 481. The van der Waals surface area contributed by atoms with E-state index in [-0.39, 0.29) is 22.0 Å². The van der Waals surface area contributed by atoms with E-state index in [0.717, 1.165) is 30.9 Å². The molecule has 1 fully saturated rings. The fourth-order valence-corrected chi connectivity index (χ4v) is 3.50. The number of para-hydroxylation sites is 1. The van der Waals surface area contributed by atoms with Crippen molar-refractivity contribution in [3.63, 3.8) is 0 Å². The summed E-state index contributed by atoms with van der Waals surface area (Å²) in [5.41, 5.74) is 0.790. The van der Waals surface area contributed by atoms with Crippen LogP contribution in [0.2, 0.25) is 0 Å². The van der Waals surface area contributed by atoms with Gasteiger partial charge in [0.05, 0.1) is 15.9 Å². The zero-order chi connectivity index (χ0) is 14.5. The van der Waals surface area contributed by atoms with Gasteiger partial charge >= 0.3 is 5.69 Å². The lowest BCUT2D eigenvalue weighted by Gasteiger charge is -2.15. The Morgan fingerprint density at radius 1 is 1.55 bits per heavy atom. The minimum Gasteiger partial charge on any atom is -0.379 e. The van der Waals surface area contributed by atoms with E-state index in [2.05, 4.69) is 5.32 Å². The quantitative estimate of drug-likeness (QED) is 0.640. The van der Waals surface area contributed by atoms with Crippen LogP contribution in [0.15, 0.2) is 23.1 Å². The molecule has 5 nitrogen and oxygen atoms in total. The van der Waals surface area contributed by atoms with Crippen molar-refractivity contribution in [1.82, 2.24) is 0 Å². The van der Waals surface area contributed by atoms with E-state index in [1.54, 1.807) is 17.8 Å². The number of hydrogen-bond donors (Lipinski definition) is 1. The van der Waals surface area contributed by atoms with Crippen LogP contribution in [0.4, 0.5) is 11.4 Å². The molecule has 1 aromatic rings. The molecule has 110 valence electrons. The van der Waals surface area contributed by atoms with Gasteiger partial charge < -0.3 is 10.1 Å². The van der Waals surface area contributed by atoms with Crippen molar-refractivity contribution in [3.8, 4) is 0 Å². The number of nitrogens with one attached hydrogen (secondary N) is 1. The van der Waals surface area contributed by atoms with Crippen molar-refractivity contribution < 1.29 is 9.66 Å². The van der Waals surface area contributed by atoms with Crippen LogP contribution in [0.5, 0.6) is 0 Å². The lowest BCUT2D eigenvalue weighted by molar-refractivity contribution is -0.386. The molecule has 0 radical (unpaired) electrons. The zero-order valence-electron chi connectivity index (χ0n) is 11.8. The average Bonchev–Trinajstić information content (AvgIpc) is 2.81. The summed E-state index contributed by atoms with van der Waals surface area (Å²) in [4.78, 5) is 11.8. The molecule has 1 aliphatic rings. The highest BCUT2D eigenvalue weighted by molar-refractivity contribution is 8.00. The van der Waals surface area contributed by atoms with Crippen LogP contribution in [-0.2, 0) is 4.74 Å². The lowest BCUT2D eigenvalue weighted by atomic mass is 10.2. The third-order valence-electron chi connectivity index (χ3n) is 3.33. The summed E-state index contributed by atoms with van der Waals surface area (Å²) in [5.74, 6) is 0. The van der Waals surface area contributed by atoms with Crippen molar-refractivity contribution in [2.24, 2.45) is 0 Å². The van der Waals surface area contributed by atoms with Gasteiger partial charge in [-0.15, -0.1) is 11.8 Å². The monoisotopic (exact) mass is 296 g/mol. The molecule has 1 aliphatic heterocycles. The van der Waals surface area contributed by atoms with E-state index < -0.39 is 0 Å². The number of rotatable bonds is 6. The summed E-state index contributed by atoms with van der Waals surface area (Å²) >= 11 is 1.56. The Kier molecular flexibility index (Phi) is 5.25. The van der Waals surface area contributed by atoms with Gasteiger partial charge in [0.1, 0.15) is 5.69 Å². The first-order chi connectivity index (χ1) is 9.63. The molecular formula is C14H20N2O3S. The molecule has 0 aliphatic carbocycles. The highest BCUT2D eigenvalue weighted by Crippen LogP contribution is 2.40. The van der Waals surface area contributed by atoms with Crippen molar-refractivity contribution in [1.29, 1.82) is 0 Å². The molecule has 2 rings (SSSR count). The van der Waals surface area contributed by atoms with E-state index in [1.807, 2.05) is 26.0 Å². The predicted molar refractivity (Wildman–Crippen MR) is 81.6 cm³/mol. The third-order valence-corrected chi connectivity index (χ3v) is 4.84. The van der Waals surface area contributed by atoms with Crippen molar-refractivity contribution in [2.75, 3.05) is 18.5 Å².